The SMILES string of the molecule is COC(=O)C[C@@H]1N=C(c2ccc(-c3ccc(/C=C/C(=O)O)cc3)cc2)c2c(sc(C)c2C)-n2c(C)nnc21. The zero-order valence-electron chi connectivity index (χ0n) is 21.4. The third-order valence-electron chi connectivity index (χ3n) is 6.65. The molecule has 0 aliphatic carbocycles. The Morgan fingerprint density at radius 3 is 2.26 bits per heavy atom. The molecule has 5 rings (SSSR count). The first-order chi connectivity index (χ1) is 18.3. The summed E-state index contributed by atoms with van der Waals surface area (Å²) >= 11 is 1.67. The summed E-state index contributed by atoms with van der Waals surface area (Å²) < 4.78 is 6.97. The lowest BCUT2D eigenvalue weighted by atomic mass is 9.96. The van der Waals surface area contributed by atoms with E-state index in [-0.39, 0.29) is 12.4 Å². The van der Waals surface area contributed by atoms with Gasteiger partial charge in [-0.15, -0.1) is 21.5 Å². The summed E-state index contributed by atoms with van der Waals surface area (Å²) in [6, 6.07) is 15.3. The van der Waals surface area contributed by atoms with E-state index in [1.807, 2.05) is 60.0 Å². The topological polar surface area (TPSA) is 107 Å². The smallest absolute Gasteiger partial charge is 0.328 e. The molecule has 0 fully saturated rings. The molecule has 38 heavy (non-hydrogen) atoms. The molecule has 4 aromatic rings. The van der Waals surface area contributed by atoms with Crippen LogP contribution in [0.25, 0.3) is 22.2 Å². The highest BCUT2D eigenvalue weighted by molar-refractivity contribution is 7.15. The minimum atomic E-state index is -0.978. The number of aliphatic imine (C=N–C) groups is 1. The Labute approximate surface area is 224 Å². The molecule has 0 spiro atoms. The van der Waals surface area contributed by atoms with Crippen molar-refractivity contribution in [3.8, 4) is 16.1 Å². The normalized spacial score (nSPS) is 14.5. The van der Waals surface area contributed by atoms with E-state index in [0.717, 1.165) is 56.0 Å². The fourth-order valence-corrected chi connectivity index (χ4v) is 5.75. The van der Waals surface area contributed by atoms with Crippen molar-refractivity contribution < 1.29 is 19.4 Å². The number of benzene rings is 2. The van der Waals surface area contributed by atoms with Crippen LogP contribution in [0.15, 0.2) is 59.6 Å². The number of carboxylic acids is 1. The van der Waals surface area contributed by atoms with Crippen LogP contribution in [0.2, 0.25) is 0 Å². The Bertz CT molecular complexity index is 1590. The van der Waals surface area contributed by atoms with Gasteiger partial charge in [0.2, 0.25) is 0 Å². The Morgan fingerprint density at radius 2 is 1.63 bits per heavy atom. The molecule has 8 nitrogen and oxygen atoms in total. The van der Waals surface area contributed by atoms with E-state index in [1.54, 1.807) is 17.4 Å². The summed E-state index contributed by atoms with van der Waals surface area (Å²) in [6.07, 6.45) is 2.75. The highest BCUT2D eigenvalue weighted by Gasteiger charge is 2.32. The molecule has 1 atom stereocenters. The fourth-order valence-electron chi connectivity index (χ4n) is 4.54. The maximum Gasteiger partial charge on any atom is 0.328 e. The summed E-state index contributed by atoms with van der Waals surface area (Å²) in [4.78, 5) is 29.4. The Balaban J connectivity index is 1.57. The molecule has 1 N–H and O–H groups in total. The van der Waals surface area contributed by atoms with Crippen molar-refractivity contribution in [3.05, 3.63) is 93.4 Å². The van der Waals surface area contributed by atoms with Gasteiger partial charge in [0.25, 0.3) is 0 Å². The summed E-state index contributed by atoms with van der Waals surface area (Å²) in [5.74, 6) is 0.0272. The highest BCUT2D eigenvalue weighted by Crippen LogP contribution is 2.39. The van der Waals surface area contributed by atoms with E-state index in [0.29, 0.717) is 5.82 Å². The van der Waals surface area contributed by atoms with Crippen LogP contribution in [0.4, 0.5) is 0 Å². The average Bonchev–Trinajstić information content (AvgIpc) is 3.39. The number of carbonyl (C=O) groups excluding carboxylic acids is 1. The van der Waals surface area contributed by atoms with Crippen LogP contribution in [0, 0.1) is 20.8 Å². The molecule has 9 heteroatoms. The second kappa shape index (κ2) is 10.2. The van der Waals surface area contributed by atoms with Gasteiger partial charge in [-0.05, 0) is 49.1 Å². The van der Waals surface area contributed by atoms with Crippen molar-refractivity contribution >= 4 is 35.1 Å². The summed E-state index contributed by atoms with van der Waals surface area (Å²) in [5.41, 5.74) is 6.75. The van der Waals surface area contributed by atoms with Gasteiger partial charge in [0.1, 0.15) is 16.9 Å². The molecule has 0 amide bonds. The number of rotatable bonds is 6. The van der Waals surface area contributed by atoms with Crippen LogP contribution < -0.4 is 0 Å². The molecule has 0 saturated carbocycles. The van der Waals surface area contributed by atoms with Gasteiger partial charge in [-0.1, -0.05) is 48.5 Å². The lowest BCUT2D eigenvalue weighted by Gasteiger charge is -2.12. The van der Waals surface area contributed by atoms with Crippen molar-refractivity contribution in [2.24, 2.45) is 4.99 Å². The average molecular weight is 527 g/mol. The molecule has 0 unspecified atom stereocenters. The van der Waals surface area contributed by atoms with Crippen LogP contribution in [0.5, 0.6) is 0 Å². The van der Waals surface area contributed by atoms with Crippen molar-refractivity contribution in [2.45, 2.75) is 33.2 Å². The van der Waals surface area contributed by atoms with Gasteiger partial charge in [0.05, 0.1) is 19.2 Å². The first kappa shape index (κ1) is 25.3. The number of aryl methyl sites for hydroxylation is 2. The molecule has 1 aliphatic rings. The van der Waals surface area contributed by atoms with E-state index in [4.69, 9.17) is 14.8 Å². The molecule has 1 aliphatic heterocycles. The monoisotopic (exact) mass is 526 g/mol. The molecule has 192 valence electrons. The zero-order valence-corrected chi connectivity index (χ0v) is 22.2. The molecule has 3 heterocycles. The summed E-state index contributed by atoms with van der Waals surface area (Å²) in [5, 5.41) is 18.5. The van der Waals surface area contributed by atoms with Crippen molar-refractivity contribution in [3.63, 3.8) is 0 Å². The van der Waals surface area contributed by atoms with Crippen LogP contribution in [-0.4, -0.2) is 44.6 Å². The Morgan fingerprint density at radius 1 is 1.00 bits per heavy atom. The van der Waals surface area contributed by atoms with Gasteiger partial charge >= 0.3 is 11.9 Å². The maximum atomic E-state index is 12.3. The van der Waals surface area contributed by atoms with E-state index in [1.165, 1.54) is 12.0 Å². The van der Waals surface area contributed by atoms with E-state index < -0.39 is 12.0 Å². The van der Waals surface area contributed by atoms with Gasteiger partial charge in [-0.2, -0.15) is 0 Å². The quantitative estimate of drug-likeness (QED) is 0.264. The third kappa shape index (κ3) is 4.68. The highest BCUT2D eigenvalue weighted by atomic mass is 32.1. The number of hydrogen-bond donors (Lipinski definition) is 1. The number of aliphatic carboxylic acids is 1. The number of fused-ring (bicyclic) bond motifs is 3. The largest absolute Gasteiger partial charge is 0.478 e. The predicted octanol–water partition coefficient (Wildman–Crippen LogP) is 5.47. The van der Waals surface area contributed by atoms with Crippen LogP contribution >= 0.6 is 11.3 Å². The molecule has 0 saturated heterocycles. The van der Waals surface area contributed by atoms with Gasteiger partial charge < -0.3 is 9.84 Å². The number of thiophene rings is 1. The number of nitrogens with zero attached hydrogens (tertiary/aromatic N) is 4. The standard InChI is InChI=1S/C29H26N4O4S/c1-16-17(2)38-29-26(16)27(30-23(15-25(36)37-4)28-32-31-18(3)33(28)29)22-12-10-21(11-13-22)20-8-5-19(6-9-20)7-14-24(34)35/h5-14,23H,15H2,1-4H3,(H,34,35)/b14-7+/t23-/m0/s1. The second-order valence-corrected chi connectivity index (χ2v) is 10.3. The number of carboxylic acid groups (broad SMARTS) is 1. The molecular formula is C29H26N4O4S. The van der Waals surface area contributed by atoms with Crippen molar-refractivity contribution in [1.29, 1.82) is 0 Å². The minimum Gasteiger partial charge on any atom is -0.478 e. The summed E-state index contributed by atoms with van der Waals surface area (Å²) in [6.45, 7) is 6.09. The molecule has 0 bridgehead atoms. The maximum absolute atomic E-state index is 12.3. The van der Waals surface area contributed by atoms with E-state index in [9.17, 15) is 9.59 Å². The van der Waals surface area contributed by atoms with Crippen molar-refractivity contribution in [2.75, 3.05) is 7.11 Å². The Kier molecular flexibility index (Phi) is 6.77. The number of aromatic nitrogens is 3. The van der Waals surface area contributed by atoms with E-state index >= 15 is 0 Å². The summed E-state index contributed by atoms with van der Waals surface area (Å²) in [7, 11) is 1.37. The Hall–Kier alpha value is -4.37. The van der Waals surface area contributed by atoms with Crippen LogP contribution in [0.3, 0.4) is 0 Å². The lowest BCUT2D eigenvalue weighted by molar-refractivity contribution is -0.141. The minimum absolute atomic E-state index is 0.0614. The number of ether oxygens (including phenoxy) is 1. The molecule has 0 radical (unpaired) electrons. The van der Waals surface area contributed by atoms with Gasteiger partial charge in [0, 0.05) is 22.1 Å². The van der Waals surface area contributed by atoms with Crippen molar-refractivity contribution in [1.82, 2.24) is 14.8 Å². The number of hydrogen-bond acceptors (Lipinski definition) is 7. The van der Waals surface area contributed by atoms with E-state index in [2.05, 4.69) is 24.0 Å². The fraction of sp³-hybridized carbons (Fsp3) is 0.207. The molecule has 2 aromatic heterocycles. The predicted molar refractivity (Wildman–Crippen MR) is 147 cm³/mol. The molecular weight excluding hydrogens is 500 g/mol. The van der Waals surface area contributed by atoms with Crippen LogP contribution in [0.1, 0.15) is 51.2 Å². The number of methoxy groups -OCH3 is 1. The lowest BCUT2D eigenvalue weighted by Crippen LogP contribution is -2.12. The molecule has 2 aromatic carbocycles. The zero-order chi connectivity index (χ0) is 27.0. The van der Waals surface area contributed by atoms with Gasteiger partial charge in [-0.3, -0.25) is 14.4 Å². The number of carbonyl (C=O) groups is 2. The van der Waals surface area contributed by atoms with Crippen LogP contribution in [-0.2, 0) is 14.3 Å². The van der Waals surface area contributed by atoms with Gasteiger partial charge in [0.15, 0.2) is 5.82 Å². The number of esters is 1. The first-order valence-corrected chi connectivity index (χ1v) is 12.9. The second-order valence-electron chi connectivity index (χ2n) is 9.05. The third-order valence-corrected chi connectivity index (χ3v) is 7.84. The first-order valence-electron chi connectivity index (χ1n) is 12.1. The van der Waals surface area contributed by atoms with Gasteiger partial charge in [-0.25, -0.2) is 4.79 Å².